The maximum Gasteiger partial charge on any atom is 1.00 e. The van der Waals surface area contributed by atoms with Crippen LogP contribution in [0.25, 0.3) is 11.2 Å². The van der Waals surface area contributed by atoms with Crippen molar-refractivity contribution in [2.45, 2.75) is 224 Å². The van der Waals surface area contributed by atoms with Crippen LogP contribution < -0.4 is 40.2 Å². The van der Waals surface area contributed by atoms with Crippen molar-refractivity contribution in [2.75, 3.05) is 25.6 Å². The van der Waals surface area contributed by atoms with Gasteiger partial charge in [0.05, 0.1) is 19.5 Å². The van der Waals surface area contributed by atoms with Crippen LogP contribution in [-0.4, -0.2) is 80.9 Å². The largest absolute Gasteiger partial charge is 1.00 e. The molecule has 0 aromatic carbocycles. The molecule has 1 saturated heterocycles. The van der Waals surface area contributed by atoms with Gasteiger partial charge in [-0.3, -0.25) is 18.7 Å². The fourth-order valence-corrected chi connectivity index (χ4v) is 8.66. The second-order valence-corrected chi connectivity index (χ2v) is 18.8. The number of unbranched alkanes of at least 4 members (excludes halogenated alkanes) is 24. The van der Waals surface area contributed by atoms with E-state index >= 15 is 4.39 Å². The van der Waals surface area contributed by atoms with Gasteiger partial charge in [0.2, 0.25) is 5.28 Å². The number of aliphatic hydroxyl groups is 1. The second kappa shape index (κ2) is 34.8. The molecule has 0 radical (unpaired) electrons. The van der Waals surface area contributed by atoms with Gasteiger partial charge in [-0.2, -0.15) is 9.97 Å². The number of nitrogen functional groups attached to an aromatic ring is 1. The van der Waals surface area contributed by atoms with Crippen LogP contribution >= 0.6 is 19.4 Å². The standard InChI is InChI=1S/C45H78ClFN5O10P.Na/c1-3-5-7-9-11-13-15-17-19-21-23-25-27-29-37(53)58-31-35(61-38(54)30-28-26-24-22-20-18-16-14-12-10-8-6-4-2)32-59-63(56,57)60-33-36-41(55)39(47)44(62-36)52-34-49-40-42(48)50-45(46)51-43(40)52;/h34-36,39,41,44,55H,3-33H2,1-2H3,(H,56,57)(H2,48,50,51);/q;+1/p-1/t35-,36-,39+,41-,44-;/m1./s1. The van der Waals surface area contributed by atoms with Gasteiger partial charge >= 0.3 is 41.5 Å². The van der Waals surface area contributed by atoms with E-state index in [1.165, 1.54) is 122 Å². The van der Waals surface area contributed by atoms with Gasteiger partial charge in [0.15, 0.2) is 30.0 Å². The Kier molecular flexibility index (Phi) is 31.9. The van der Waals surface area contributed by atoms with Crippen molar-refractivity contribution in [3.8, 4) is 0 Å². The number of ether oxygens (including phenoxy) is 3. The van der Waals surface area contributed by atoms with E-state index in [2.05, 4.69) is 28.8 Å². The second-order valence-electron chi connectivity index (χ2n) is 17.0. The first kappa shape index (κ1) is 58.7. The first-order chi connectivity index (χ1) is 30.5. The summed E-state index contributed by atoms with van der Waals surface area (Å²) in [5.41, 5.74) is 6.02. The fourth-order valence-electron chi connectivity index (χ4n) is 7.73. The first-order valence-electron chi connectivity index (χ1n) is 24.0. The third kappa shape index (κ3) is 24.0. The zero-order valence-electron chi connectivity index (χ0n) is 39.1. The minimum atomic E-state index is -5.13. The topological polar surface area (TPSA) is 210 Å². The van der Waals surface area contributed by atoms with Crippen LogP contribution in [0.15, 0.2) is 6.33 Å². The van der Waals surface area contributed by atoms with E-state index in [1.54, 1.807) is 0 Å². The molecule has 3 N–H and O–H groups in total. The molecule has 15 nitrogen and oxygen atoms in total. The van der Waals surface area contributed by atoms with Crippen molar-refractivity contribution < 1.29 is 81.4 Å². The molecule has 0 aliphatic carbocycles. The summed E-state index contributed by atoms with van der Waals surface area (Å²) in [6.07, 6.45) is 23.8. The predicted molar refractivity (Wildman–Crippen MR) is 241 cm³/mol. The van der Waals surface area contributed by atoms with Crippen LogP contribution in [0.5, 0.6) is 0 Å². The van der Waals surface area contributed by atoms with Crippen molar-refractivity contribution in [2.24, 2.45) is 0 Å². The quantitative estimate of drug-likeness (QED) is 0.0219. The van der Waals surface area contributed by atoms with Crippen LogP contribution in [0.3, 0.4) is 0 Å². The minimum Gasteiger partial charge on any atom is -0.756 e. The third-order valence-electron chi connectivity index (χ3n) is 11.5. The number of carbonyl (C=O) groups is 2. The minimum absolute atomic E-state index is 0. The van der Waals surface area contributed by atoms with Crippen LogP contribution in [0, 0.1) is 0 Å². The predicted octanol–water partition coefficient (Wildman–Crippen LogP) is 7.58. The van der Waals surface area contributed by atoms with Gasteiger partial charge in [-0.1, -0.05) is 168 Å². The first-order valence-corrected chi connectivity index (χ1v) is 25.9. The van der Waals surface area contributed by atoms with E-state index in [-0.39, 0.29) is 64.7 Å². The van der Waals surface area contributed by atoms with Crippen LogP contribution in [0.4, 0.5) is 10.2 Å². The summed E-state index contributed by atoms with van der Waals surface area (Å²) in [4.78, 5) is 50.2. The molecule has 0 saturated carbocycles. The Morgan fingerprint density at radius 3 is 1.77 bits per heavy atom. The van der Waals surface area contributed by atoms with Gasteiger partial charge in [0.25, 0.3) is 7.82 Å². The molecular weight excluding hydrogens is 879 g/mol. The van der Waals surface area contributed by atoms with Crippen LogP contribution in [-0.2, 0) is 37.4 Å². The van der Waals surface area contributed by atoms with E-state index in [0.717, 1.165) is 43.1 Å². The van der Waals surface area contributed by atoms with Gasteiger partial charge in [-0.15, -0.1) is 0 Å². The number of hydrogen-bond acceptors (Lipinski definition) is 14. The number of carbonyl (C=O) groups excluding carboxylic acids is 2. The molecule has 1 unspecified atom stereocenters. The summed E-state index contributed by atoms with van der Waals surface area (Å²) in [5.74, 6) is -1.10. The molecule has 0 bridgehead atoms. The summed E-state index contributed by atoms with van der Waals surface area (Å²) in [5, 5.41) is 10.4. The summed E-state index contributed by atoms with van der Waals surface area (Å²) in [7, 11) is -5.13. The van der Waals surface area contributed by atoms with Crippen molar-refractivity contribution in [1.82, 2.24) is 19.5 Å². The van der Waals surface area contributed by atoms with Gasteiger partial charge in [0, 0.05) is 12.8 Å². The van der Waals surface area contributed by atoms with Crippen LogP contribution in [0.2, 0.25) is 5.28 Å². The molecule has 2 aromatic heterocycles. The molecule has 1 aliphatic rings. The van der Waals surface area contributed by atoms with E-state index in [9.17, 15) is 24.2 Å². The van der Waals surface area contributed by atoms with Gasteiger partial charge < -0.3 is 39.0 Å². The number of alkyl halides is 1. The molecule has 362 valence electrons. The van der Waals surface area contributed by atoms with E-state index in [1.807, 2.05) is 0 Å². The number of nitrogens with zero attached hydrogens (tertiary/aromatic N) is 4. The Balaban J connectivity index is 0.0000141. The van der Waals surface area contributed by atoms with Crippen molar-refractivity contribution in [3.63, 3.8) is 0 Å². The van der Waals surface area contributed by atoms with Gasteiger partial charge in [-0.05, 0) is 24.4 Å². The monoisotopic (exact) mass is 955 g/mol. The zero-order valence-corrected chi connectivity index (χ0v) is 42.7. The SMILES string of the molecule is CCCCCCCCCCCCCCCC(=O)OC[C@H](COP(=O)([O-])OC[C@H]1O[C@@H](n2cnc3c(N)nc(Cl)nc32)[C@@H](F)[C@@H]1O)OC(=O)CCCCCCCCCCCCCCC.[Na+]. The number of fused-ring (bicyclic) bond motifs is 1. The van der Waals surface area contributed by atoms with Gasteiger partial charge in [-0.25, -0.2) is 9.37 Å². The molecule has 0 amide bonds. The fraction of sp³-hybridized carbons (Fsp3) is 0.844. The number of aliphatic hydroxyl groups excluding tert-OH is 1. The van der Waals surface area contributed by atoms with E-state index in [0.29, 0.717) is 12.8 Å². The third-order valence-corrected chi connectivity index (χ3v) is 12.6. The van der Waals surface area contributed by atoms with E-state index < -0.39 is 70.3 Å². The molecular formula is C45H77ClFN5NaO10P. The number of nitrogens with two attached hydrogens (primary N) is 1. The number of esters is 2. The average molecular weight is 957 g/mol. The molecule has 64 heavy (non-hydrogen) atoms. The molecule has 1 fully saturated rings. The van der Waals surface area contributed by atoms with Crippen molar-refractivity contribution in [3.05, 3.63) is 11.6 Å². The Hall–Kier alpha value is -1.46. The number of phosphoric acid groups is 1. The molecule has 2 aromatic rings. The number of halogens is 2. The zero-order chi connectivity index (χ0) is 45.7. The summed E-state index contributed by atoms with van der Waals surface area (Å²) < 4.78 is 55.9. The molecule has 0 spiro atoms. The van der Waals surface area contributed by atoms with Crippen LogP contribution in [0.1, 0.15) is 200 Å². The smallest absolute Gasteiger partial charge is 0.756 e. The van der Waals surface area contributed by atoms with E-state index in [4.69, 9.17) is 40.6 Å². The summed E-state index contributed by atoms with van der Waals surface area (Å²) in [6, 6.07) is 0. The maximum absolute atomic E-state index is 15.3. The van der Waals surface area contributed by atoms with Crippen molar-refractivity contribution in [1.29, 1.82) is 0 Å². The number of rotatable bonds is 38. The normalized spacial score (nSPS) is 18.8. The number of imidazole rings is 1. The summed E-state index contributed by atoms with van der Waals surface area (Å²) >= 11 is 5.92. The number of hydrogen-bond donors (Lipinski definition) is 2. The number of anilines is 1. The molecule has 19 heteroatoms. The maximum atomic E-state index is 15.3. The number of phosphoric ester groups is 1. The van der Waals surface area contributed by atoms with Gasteiger partial charge in [0.1, 0.15) is 24.3 Å². The molecule has 3 rings (SSSR count). The Labute approximate surface area is 408 Å². The Bertz CT molecular complexity index is 1620. The molecule has 6 atom stereocenters. The van der Waals surface area contributed by atoms with Crippen molar-refractivity contribution >= 4 is 48.3 Å². The number of aromatic nitrogens is 4. The average Bonchev–Trinajstić information content (AvgIpc) is 3.80. The molecule has 1 aliphatic heterocycles. The Morgan fingerprint density at radius 1 is 0.797 bits per heavy atom. The molecule has 3 heterocycles. The Morgan fingerprint density at radius 2 is 1.27 bits per heavy atom. The summed E-state index contributed by atoms with van der Waals surface area (Å²) in [6.45, 7) is 2.55.